The molecule has 0 bridgehead atoms. The second-order valence-electron chi connectivity index (χ2n) is 32.3. The van der Waals surface area contributed by atoms with Crippen LogP contribution in [0, 0.1) is 100 Å². The van der Waals surface area contributed by atoms with Crippen LogP contribution in [-0.2, 0) is 35.7 Å². The van der Waals surface area contributed by atoms with Crippen LogP contribution in [-0.4, -0.2) is 100 Å². The summed E-state index contributed by atoms with van der Waals surface area (Å²) in [6.45, 7) is 3.12. The smallest absolute Gasteiger partial charge is 0.411 e. The normalized spacial score (nSPS) is 12.3. The predicted molar refractivity (Wildman–Crippen MR) is 483 cm³/mol. The van der Waals surface area contributed by atoms with Gasteiger partial charge >= 0.3 is 37.1 Å². The van der Waals surface area contributed by atoms with Crippen LogP contribution in [0.4, 0.5) is 119 Å². The van der Waals surface area contributed by atoms with E-state index in [0.717, 1.165) is 66.6 Å². The Labute approximate surface area is 836 Å². The molecular weight excluding hydrogens is 2100 g/mol. The number of hydrogen-bond donors (Lipinski definition) is 2. The summed E-state index contributed by atoms with van der Waals surface area (Å²) in [6, 6.07) is 39.7. The predicted octanol–water partition coefficient (Wildman–Crippen LogP) is 29.8. The molecule has 0 saturated carbocycles. The van der Waals surface area contributed by atoms with Gasteiger partial charge in [-0.2, -0.15) is 121 Å². The van der Waals surface area contributed by atoms with E-state index in [2.05, 4.69) is 20.2 Å². The quantitative estimate of drug-likeness (QED) is 0.00547. The van der Waals surface area contributed by atoms with Crippen molar-refractivity contribution in [2.75, 3.05) is 38.9 Å². The summed E-state index contributed by atoms with van der Waals surface area (Å²) in [5.74, 6) is -30.7. The second kappa shape index (κ2) is 45.4. The lowest BCUT2D eigenvalue weighted by molar-refractivity contribution is -0.432. The molecule has 0 aliphatic rings. The Kier molecular flexibility index (Phi) is 34.3. The maximum atomic E-state index is 15.4. The standard InChI is InChI=1S/C64H44F14N2O12S2.C39H24F13NO3/c1-33-9-7-11-41(45(33)31-79)42-23-13-34(29-44(42)59(81)43-24-22-39(87-25-4-6-28-94(83,84)85)30-48(43)88-26-3-5-27-93-92-91-82)40-10-8-12-47(46(40)32-80)89-37-18-14-35(15-19-37)62(63(73,74)75,64(76,77)78)36-16-20-38(21-17-36)90-61-57(71)53(67)50(54(68)58(61)72)49-51(65)55(69)60(86-2)56(70)52(49)66;1-22-6-8-23(9-7-22)35(38(47,48)49,39(50,51)52)26-14-19-33(30(40)20-26)56-32-5-3-4-31(29(32)21-53)55-28-17-12-25(13-18-28)34(36(41,42)43,37(44,45)46)24-10-15-27(54-2)16-11-24/h7-24,29-30,82H,3-6,25-28H2,1-2H3,(H,83,84,85);3-20H,1-2H3. The molecule has 0 radical (unpaired) electrons. The molecule has 0 aliphatic heterocycles. The van der Waals surface area contributed by atoms with Crippen molar-refractivity contribution in [2.45, 2.75) is 92.8 Å². The summed E-state index contributed by atoms with van der Waals surface area (Å²) >= 11 is 0.804. The van der Waals surface area contributed by atoms with Crippen molar-refractivity contribution in [1.29, 1.82) is 15.8 Å². The fourth-order valence-corrected chi connectivity index (χ4v) is 17.2. The Balaban J connectivity index is 0.000000302. The van der Waals surface area contributed by atoms with E-state index in [4.69, 9.17) is 43.0 Å². The molecule has 0 heterocycles. The van der Waals surface area contributed by atoms with Gasteiger partial charge in [-0.15, -0.1) is 4.33 Å². The summed E-state index contributed by atoms with van der Waals surface area (Å²) in [6.07, 6.45) is -35.3. The van der Waals surface area contributed by atoms with Crippen molar-refractivity contribution in [3.8, 4) is 121 Å². The number of ether oxygens (including phenoxy) is 8. The van der Waals surface area contributed by atoms with E-state index in [9.17, 15) is 94.5 Å². The number of carbonyl (C=O) groups is 1. The average molecular weight is 2160 g/mol. The topological polar surface area (TPSA) is 255 Å². The number of nitrogens with zero attached hydrogens (tertiary/aromatic N) is 3. The lowest BCUT2D eigenvalue weighted by Crippen LogP contribution is -2.54. The molecule has 150 heavy (non-hydrogen) atoms. The molecule has 13 aromatic rings. The minimum absolute atomic E-state index is 0.00180. The summed E-state index contributed by atoms with van der Waals surface area (Å²) in [7, 11) is -2.52. The van der Waals surface area contributed by atoms with Crippen LogP contribution >= 0.6 is 12.0 Å². The molecule has 0 fully saturated rings. The molecule has 47 heteroatoms. The van der Waals surface area contributed by atoms with Gasteiger partial charge in [-0.05, 0) is 187 Å². The third kappa shape index (κ3) is 22.8. The molecule has 2 N–H and O–H groups in total. The van der Waals surface area contributed by atoms with E-state index < -0.39 is 218 Å². The van der Waals surface area contributed by atoms with E-state index in [1.54, 1.807) is 31.2 Å². The van der Waals surface area contributed by atoms with E-state index in [1.807, 2.05) is 6.07 Å². The van der Waals surface area contributed by atoms with Crippen molar-refractivity contribution in [3.05, 3.63) is 355 Å². The van der Waals surface area contributed by atoms with Crippen molar-refractivity contribution in [3.63, 3.8) is 0 Å². The number of alkyl halides is 18. The molecule has 0 atom stereocenters. The number of carbonyl (C=O) groups excluding carboxylic acids is 1. The number of unbranched alkanes of at least 4 members (excludes halogenated alkanes) is 2. The maximum Gasteiger partial charge on any atom is 0.411 e. The zero-order chi connectivity index (χ0) is 110. The van der Waals surface area contributed by atoms with Crippen LogP contribution in [0.2, 0.25) is 0 Å². The lowest BCUT2D eigenvalue weighted by atomic mass is 9.72. The highest BCUT2D eigenvalue weighted by Gasteiger charge is 2.75. The Morgan fingerprint density at radius 3 is 1.21 bits per heavy atom. The number of ketones is 1. The molecule has 0 unspecified atom stereocenters. The molecule has 0 spiro atoms. The Hall–Kier alpha value is -15.4. The third-order valence-corrected chi connectivity index (χ3v) is 24.7. The number of aryl methyl sites for hydroxylation is 2. The highest BCUT2D eigenvalue weighted by molar-refractivity contribution is 7.94. The molecule has 13 aromatic carbocycles. The number of halogens is 27. The van der Waals surface area contributed by atoms with Gasteiger partial charge in [0.25, 0.3) is 10.1 Å². The van der Waals surface area contributed by atoms with Crippen molar-refractivity contribution >= 4 is 27.9 Å². The Bertz CT molecular complexity index is 7320. The van der Waals surface area contributed by atoms with E-state index in [-0.39, 0.29) is 124 Å². The van der Waals surface area contributed by atoms with Gasteiger partial charge < -0.3 is 37.9 Å². The molecular formula is C103H68F27N3O15S2. The molecule has 0 aromatic heterocycles. The summed E-state index contributed by atoms with van der Waals surface area (Å²) < 4.78 is 481. The van der Waals surface area contributed by atoms with Gasteiger partial charge in [-0.1, -0.05) is 138 Å². The van der Waals surface area contributed by atoms with Crippen molar-refractivity contribution < 1.29 is 189 Å². The van der Waals surface area contributed by atoms with Gasteiger partial charge in [0.2, 0.25) is 45.3 Å². The highest BCUT2D eigenvalue weighted by atomic mass is 32.2. The molecule has 0 saturated heterocycles. The second-order valence-corrected chi connectivity index (χ2v) is 34.7. The third-order valence-electron chi connectivity index (χ3n) is 23.3. The van der Waals surface area contributed by atoms with Gasteiger partial charge in [-0.3, -0.25) is 9.35 Å². The van der Waals surface area contributed by atoms with Crippen LogP contribution in [0.15, 0.2) is 231 Å². The van der Waals surface area contributed by atoms with Gasteiger partial charge in [0.1, 0.15) is 81.1 Å². The largest absolute Gasteiger partial charge is 0.497 e. The van der Waals surface area contributed by atoms with E-state index in [0.29, 0.717) is 115 Å². The maximum absolute atomic E-state index is 15.4. The first-order valence-electron chi connectivity index (χ1n) is 43.0. The zero-order valence-electron chi connectivity index (χ0n) is 76.7. The lowest BCUT2D eigenvalue weighted by Gasteiger charge is -2.38. The fourth-order valence-electron chi connectivity index (χ4n) is 16.2. The first kappa shape index (κ1) is 113. The van der Waals surface area contributed by atoms with Gasteiger partial charge in [0.15, 0.2) is 46.4 Å². The minimum Gasteiger partial charge on any atom is -0.497 e. The first-order valence-corrected chi connectivity index (χ1v) is 45.5. The summed E-state index contributed by atoms with van der Waals surface area (Å²) in [5.41, 5.74) is -26.0. The summed E-state index contributed by atoms with van der Waals surface area (Å²) in [4.78, 5) is 15.2. The zero-order valence-corrected chi connectivity index (χ0v) is 78.3. The average Bonchev–Trinajstić information content (AvgIpc) is 0.719. The van der Waals surface area contributed by atoms with Crippen LogP contribution in [0.1, 0.15) is 103 Å². The van der Waals surface area contributed by atoms with Crippen LogP contribution < -0.4 is 37.9 Å². The van der Waals surface area contributed by atoms with Crippen molar-refractivity contribution in [2.24, 2.45) is 0 Å². The SMILES string of the molecule is COc1c(F)c(F)c(-c2c(F)c(F)c(Oc3ccc(C(c4ccc(Oc5cccc(-c6ccc(-c7cccc(C)c7C#N)c(C(=O)c7ccc(OCCCCS(=O)(=O)O)cc7OCCCCSOOO)c6)c5C#N)cc4)(C(F)(F)F)C(F)(F)F)cc3)c(F)c2F)c(F)c1F.COc1ccc(C(c2ccc(Oc3cccc(Oc4ccc(C(c5ccc(C)cc5)(C(F)(F)F)C(F)(F)F)cc4F)c3C#N)cc2)(C(F)(F)F)C(F)(F)F)cc1. The highest BCUT2D eigenvalue weighted by Crippen LogP contribution is 2.61. The van der Waals surface area contributed by atoms with E-state index in [1.165, 1.54) is 68.6 Å². The monoisotopic (exact) mass is 2160 g/mol. The number of methoxy groups -OCH3 is 2. The first-order chi connectivity index (χ1) is 70.6. The van der Waals surface area contributed by atoms with E-state index >= 15 is 53.1 Å². The van der Waals surface area contributed by atoms with Gasteiger partial charge in [0.05, 0.1) is 55.4 Å². The molecule has 0 amide bonds. The molecule has 786 valence electrons. The molecule has 0 aliphatic carbocycles. The Morgan fingerprint density at radius 2 is 0.760 bits per heavy atom. The minimum atomic E-state index is -6.27. The van der Waals surface area contributed by atoms with Gasteiger partial charge in [-0.25, -0.2) is 27.2 Å². The summed E-state index contributed by atoms with van der Waals surface area (Å²) in [5, 5.41) is 42.9. The number of nitriles is 3. The number of hydrogen-bond acceptors (Lipinski definition) is 18. The molecule has 18 nitrogen and oxygen atoms in total. The Morgan fingerprint density at radius 1 is 0.360 bits per heavy atom. The fraction of sp³-hybridized carbons (Fsp3) is 0.204. The van der Waals surface area contributed by atoms with Crippen LogP contribution in [0.25, 0.3) is 33.4 Å². The number of rotatable bonds is 35. The van der Waals surface area contributed by atoms with Crippen LogP contribution in [0.5, 0.6) is 69.0 Å². The molecule has 13 rings (SSSR count). The number of benzene rings is 13. The van der Waals surface area contributed by atoms with Crippen LogP contribution in [0.3, 0.4) is 0 Å². The van der Waals surface area contributed by atoms with Crippen molar-refractivity contribution in [1.82, 2.24) is 0 Å². The van der Waals surface area contributed by atoms with Gasteiger partial charge in [0, 0.05) is 40.6 Å².